The Bertz CT molecular complexity index is 667. The molecule has 3 aliphatic rings. The normalized spacial score (nSPS) is 26.5. The zero-order valence-electron chi connectivity index (χ0n) is 14.0. The van der Waals surface area contributed by atoms with Gasteiger partial charge in [0, 0.05) is 26.1 Å². The Morgan fingerprint density at radius 3 is 2.71 bits per heavy atom. The van der Waals surface area contributed by atoms with Crippen molar-refractivity contribution in [1.29, 1.82) is 0 Å². The highest BCUT2D eigenvalue weighted by Crippen LogP contribution is 2.34. The molecule has 2 saturated heterocycles. The molecule has 2 unspecified atom stereocenters. The predicted octanol–water partition coefficient (Wildman–Crippen LogP) is 1.29. The van der Waals surface area contributed by atoms with Crippen LogP contribution >= 0.6 is 0 Å². The maximum atomic E-state index is 12.7. The molecular weight excluding hydrogens is 308 g/mol. The predicted molar refractivity (Wildman–Crippen MR) is 86.5 cm³/mol. The lowest BCUT2D eigenvalue weighted by molar-refractivity contribution is -0.134. The number of carbonyl (C=O) groups is 2. The first-order valence-corrected chi connectivity index (χ1v) is 8.85. The molecule has 0 aromatic carbocycles. The lowest BCUT2D eigenvalue weighted by atomic mass is 9.82. The van der Waals surface area contributed by atoms with E-state index in [1.165, 1.54) is 19.3 Å². The molecule has 2 amide bonds. The fourth-order valence-corrected chi connectivity index (χ4v) is 4.20. The molecule has 7 nitrogen and oxygen atoms in total. The molecule has 2 atom stereocenters. The van der Waals surface area contributed by atoms with Gasteiger partial charge in [-0.05, 0) is 38.0 Å². The van der Waals surface area contributed by atoms with E-state index in [4.69, 9.17) is 0 Å². The number of piperidine rings is 1. The van der Waals surface area contributed by atoms with Crippen LogP contribution in [-0.4, -0.2) is 62.6 Å². The fourth-order valence-electron chi connectivity index (χ4n) is 4.20. The van der Waals surface area contributed by atoms with Crippen LogP contribution in [-0.2, 0) is 4.79 Å². The highest BCUT2D eigenvalue weighted by atomic mass is 16.3. The van der Waals surface area contributed by atoms with Crippen LogP contribution in [0.25, 0.3) is 0 Å². The lowest BCUT2D eigenvalue weighted by Gasteiger charge is -2.34. The minimum absolute atomic E-state index is 0.0459. The maximum Gasteiger partial charge on any atom is 0.276 e. The molecule has 7 heteroatoms. The van der Waals surface area contributed by atoms with Crippen molar-refractivity contribution in [3.05, 3.63) is 11.4 Å². The molecule has 1 aliphatic carbocycles. The molecule has 0 radical (unpaired) electrons. The Morgan fingerprint density at radius 1 is 1.29 bits per heavy atom. The Kier molecular flexibility index (Phi) is 3.73. The number of hydrogen-bond acceptors (Lipinski definition) is 4. The molecule has 2 aliphatic heterocycles. The standard InChI is InChI=1S/C17H24N4O3/c1-10-16(23)15(19-18-10)17(24)21-8-12-5-13(21)9-20(7-12)14(22)6-11-3-2-4-11/h11-13,23H,2-9H2,1H3,(H,18,19). The van der Waals surface area contributed by atoms with Gasteiger partial charge >= 0.3 is 0 Å². The summed E-state index contributed by atoms with van der Waals surface area (Å²) in [4.78, 5) is 29.0. The van der Waals surface area contributed by atoms with Crippen molar-refractivity contribution in [3.8, 4) is 5.75 Å². The van der Waals surface area contributed by atoms with E-state index in [0.717, 1.165) is 13.0 Å². The fraction of sp³-hybridized carbons (Fsp3) is 0.706. The first-order chi connectivity index (χ1) is 11.5. The van der Waals surface area contributed by atoms with Crippen molar-refractivity contribution in [2.45, 2.75) is 45.1 Å². The highest BCUT2D eigenvalue weighted by Gasteiger charge is 2.43. The summed E-state index contributed by atoms with van der Waals surface area (Å²) >= 11 is 0. The molecule has 24 heavy (non-hydrogen) atoms. The number of aryl methyl sites for hydroxylation is 1. The van der Waals surface area contributed by atoms with Crippen LogP contribution < -0.4 is 0 Å². The second-order valence-electron chi connectivity index (χ2n) is 7.55. The second-order valence-corrected chi connectivity index (χ2v) is 7.55. The lowest BCUT2D eigenvalue weighted by Crippen LogP contribution is -2.47. The zero-order chi connectivity index (χ0) is 16.8. The van der Waals surface area contributed by atoms with E-state index in [2.05, 4.69) is 10.2 Å². The number of rotatable bonds is 3. The van der Waals surface area contributed by atoms with Gasteiger partial charge in [0.1, 0.15) is 5.69 Å². The Balaban J connectivity index is 1.44. The first-order valence-electron chi connectivity index (χ1n) is 8.85. The van der Waals surface area contributed by atoms with Gasteiger partial charge in [-0.1, -0.05) is 6.42 Å². The molecule has 0 spiro atoms. The van der Waals surface area contributed by atoms with Crippen molar-refractivity contribution < 1.29 is 14.7 Å². The number of aromatic nitrogens is 2. The van der Waals surface area contributed by atoms with Gasteiger partial charge in [0.2, 0.25) is 5.91 Å². The molecule has 2 bridgehead atoms. The quantitative estimate of drug-likeness (QED) is 0.873. The third kappa shape index (κ3) is 2.56. The number of nitrogens with one attached hydrogen (secondary N) is 1. The highest BCUT2D eigenvalue weighted by molar-refractivity contribution is 5.95. The molecule has 1 aromatic heterocycles. The van der Waals surface area contributed by atoms with Crippen LogP contribution in [0.5, 0.6) is 5.75 Å². The van der Waals surface area contributed by atoms with Crippen LogP contribution in [0.1, 0.15) is 48.3 Å². The van der Waals surface area contributed by atoms with Gasteiger partial charge < -0.3 is 14.9 Å². The van der Waals surface area contributed by atoms with Crippen LogP contribution in [0, 0.1) is 18.8 Å². The largest absolute Gasteiger partial charge is 0.504 e. The minimum atomic E-state index is -0.214. The van der Waals surface area contributed by atoms with Crippen molar-refractivity contribution >= 4 is 11.8 Å². The summed E-state index contributed by atoms with van der Waals surface area (Å²) in [6.45, 7) is 3.67. The molecule has 1 aromatic rings. The number of nitrogens with zero attached hydrogens (tertiary/aromatic N) is 3. The molecule has 3 fully saturated rings. The number of aromatic hydroxyl groups is 1. The number of H-pyrrole nitrogens is 1. The van der Waals surface area contributed by atoms with Gasteiger partial charge in [-0.25, -0.2) is 0 Å². The van der Waals surface area contributed by atoms with E-state index in [1.54, 1.807) is 11.8 Å². The Hall–Kier alpha value is -2.05. The van der Waals surface area contributed by atoms with E-state index in [0.29, 0.717) is 37.0 Å². The molecule has 4 rings (SSSR count). The number of aromatic amines is 1. The first kappa shape index (κ1) is 15.5. The Morgan fingerprint density at radius 2 is 2.08 bits per heavy atom. The average Bonchev–Trinajstić information content (AvgIpc) is 3.02. The van der Waals surface area contributed by atoms with Gasteiger partial charge in [0.15, 0.2) is 11.4 Å². The summed E-state index contributed by atoms with van der Waals surface area (Å²) in [6, 6.07) is 0.0459. The van der Waals surface area contributed by atoms with E-state index in [-0.39, 0.29) is 29.3 Å². The van der Waals surface area contributed by atoms with Gasteiger partial charge in [-0.15, -0.1) is 0 Å². The number of likely N-dealkylation sites (tertiary alicyclic amines) is 2. The maximum absolute atomic E-state index is 12.7. The second kappa shape index (κ2) is 5.79. The van der Waals surface area contributed by atoms with Crippen LogP contribution in [0.3, 0.4) is 0 Å². The van der Waals surface area contributed by atoms with Crippen LogP contribution in [0.2, 0.25) is 0 Å². The summed E-state index contributed by atoms with van der Waals surface area (Å²) in [5, 5.41) is 16.5. The summed E-state index contributed by atoms with van der Waals surface area (Å²) < 4.78 is 0. The van der Waals surface area contributed by atoms with Gasteiger partial charge in [-0.3, -0.25) is 14.7 Å². The number of amides is 2. The van der Waals surface area contributed by atoms with Gasteiger partial charge in [0.05, 0.1) is 6.04 Å². The summed E-state index contributed by atoms with van der Waals surface area (Å²) in [5.74, 6) is 0.862. The van der Waals surface area contributed by atoms with Crippen molar-refractivity contribution in [3.63, 3.8) is 0 Å². The van der Waals surface area contributed by atoms with E-state index in [9.17, 15) is 14.7 Å². The molecule has 1 saturated carbocycles. The molecule has 3 heterocycles. The van der Waals surface area contributed by atoms with Crippen LogP contribution in [0.15, 0.2) is 0 Å². The minimum Gasteiger partial charge on any atom is -0.504 e. The third-order valence-corrected chi connectivity index (χ3v) is 5.84. The van der Waals surface area contributed by atoms with Crippen molar-refractivity contribution in [1.82, 2.24) is 20.0 Å². The number of carbonyl (C=O) groups excluding carboxylic acids is 2. The Labute approximate surface area is 141 Å². The van der Waals surface area contributed by atoms with Crippen molar-refractivity contribution in [2.75, 3.05) is 19.6 Å². The molecule has 2 N–H and O–H groups in total. The SMILES string of the molecule is Cc1n[nH]c(C(=O)N2CC3CC2CN(C(=O)CC2CCC2)C3)c1O. The summed E-state index contributed by atoms with van der Waals surface area (Å²) in [6.07, 6.45) is 5.20. The average molecular weight is 332 g/mol. The molecular formula is C17H24N4O3. The van der Waals surface area contributed by atoms with Crippen molar-refractivity contribution in [2.24, 2.45) is 11.8 Å². The third-order valence-electron chi connectivity index (χ3n) is 5.84. The zero-order valence-corrected chi connectivity index (χ0v) is 14.0. The molecule has 130 valence electrons. The van der Waals surface area contributed by atoms with E-state index >= 15 is 0 Å². The van der Waals surface area contributed by atoms with E-state index < -0.39 is 0 Å². The summed E-state index contributed by atoms with van der Waals surface area (Å²) in [7, 11) is 0. The van der Waals surface area contributed by atoms with E-state index in [1.807, 2.05) is 4.90 Å². The van der Waals surface area contributed by atoms with Gasteiger partial charge in [0.25, 0.3) is 5.91 Å². The number of fused-ring (bicyclic) bond motifs is 2. The van der Waals surface area contributed by atoms with Gasteiger partial charge in [-0.2, -0.15) is 5.10 Å². The monoisotopic (exact) mass is 332 g/mol. The van der Waals surface area contributed by atoms with Crippen LogP contribution in [0.4, 0.5) is 0 Å². The number of hydrogen-bond donors (Lipinski definition) is 2. The topological polar surface area (TPSA) is 89.5 Å². The smallest absolute Gasteiger partial charge is 0.276 e. The summed E-state index contributed by atoms with van der Waals surface area (Å²) in [5.41, 5.74) is 0.588.